The smallest absolute Gasteiger partial charge is 0.298 e. The summed E-state index contributed by atoms with van der Waals surface area (Å²) in [5, 5.41) is 0. The van der Waals surface area contributed by atoms with Crippen LogP contribution in [0.4, 0.5) is 8.78 Å². The number of halogens is 2. The maximum Gasteiger partial charge on any atom is 0.298 e. The molecule has 7 nitrogen and oxygen atoms in total. The Balaban J connectivity index is 1.51. The summed E-state index contributed by atoms with van der Waals surface area (Å²) in [6, 6.07) is 13.3. The minimum Gasteiger partial charge on any atom is -0.317 e. The predicted molar refractivity (Wildman–Crippen MR) is 135 cm³/mol. The van der Waals surface area contributed by atoms with E-state index in [-0.39, 0.29) is 23.0 Å². The summed E-state index contributed by atoms with van der Waals surface area (Å²) >= 11 is 2.40. The van der Waals surface area contributed by atoms with E-state index in [1.807, 2.05) is 23.0 Å². The maximum atomic E-state index is 13.6. The van der Waals surface area contributed by atoms with Crippen LogP contribution in [0.25, 0.3) is 20.4 Å². The molecule has 0 saturated carbocycles. The Morgan fingerprint density at radius 1 is 0.778 bits per heavy atom. The molecule has 0 spiro atoms. The molecule has 5 rings (SSSR count). The van der Waals surface area contributed by atoms with Gasteiger partial charge in [-0.2, -0.15) is 9.98 Å². The van der Waals surface area contributed by atoms with E-state index < -0.39 is 11.8 Å². The molecular formula is C25H19F2N5O2S2. The van der Waals surface area contributed by atoms with Crippen LogP contribution in [0.15, 0.2) is 64.6 Å². The number of carbonyl (C=O) groups is 2. The second kappa shape index (κ2) is 9.67. The monoisotopic (exact) mass is 523 g/mol. The molecule has 0 atom stereocenters. The van der Waals surface area contributed by atoms with Gasteiger partial charge in [0, 0.05) is 13.1 Å². The molecule has 0 aliphatic heterocycles. The fraction of sp³-hybridized carbons (Fsp3) is 0.160. The van der Waals surface area contributed by atoms with Crippen LogP contribution in [0.1, 0.15) is 34.8 Å². The van der Waals surface area contributed by atoms with Crippen molar-refractivity contribution in [1.29, 1.82) is 0 Å². The number of amides is 2. The Morgan fingerprint density at radius 2 is 1.22 bits per heavy atom. The van der Waals surface area contributed by atoms with E-state index in [1.165, 1.54) is 59.1 Å². The summed E-state index contributed by atoms with van der Waals surface area (Å²) in [6.45, 7) is 4.89. The van der Waals surface area contributed by atoms with Gasteiger partial charge in [0.2, 0.25) is 0 Å². The molecule has 0 radical (unpaired) electrons. The second-order valence-electron chi connectivity index (χ2n) is 7.72. The number of hydrogen-bond acceptors (Lipinski definition) is 5. The van der Waals surface area contributed by atoms with E-state index >= 15 is 0 Å². The lowest BCUT2D eigenvalue weighted by molar-refractivity contribution is 0.0989. The highest BCUT2D eigenvalue weighted by Crippen LogP contribution is 2.20. The molecule has 0 unspecified atom stereocenters. The van der Waals surface area contributed by atoms with E-state index in [0.29, 0.717) is 32.1 Å². The highest BCUT2D eigenvalue weighted by molar-refractivity contribution is 7.16. The van der Waals surface area contributed by atoms with Gasteiger partial charge in [0.05, 0.1) is 20.4 Å². The van der Waals surface area contributed by atoms with Crippen molar-refractivity contribution in [3.8, 4) is 0 Å². The van der Waals surface area contributed by atoms with Crippen LogP contribution < -0.4 is 9.60 Å². The number of thiazole rings is 2. The van der Waals surface area contributed by atoms with Crippen LogP contribution in [0.3, 0.4) is 0 Å². The number of nitrogens with zero attached hydrogens (tertiary/aromatic N) is 5. The van der Waals surface area contributed by atoms with Gasteiger partial charge in [0.25, 0.3) is 11.8 Å². The zero-order chi connectivity index (χ0) is 25.4. The number of aryl methyl sites for hydroxylation is 2. The second-order valence-corrected chi connectivity index (χ2v) is 9.74. The number of aromatic nitrogens is 3. The van der Waals surface area contributed by atoms with Crippen LogP contribution in [0, 0.1) is 11.6 Å². The first-order chi connectivity index (χ1) is 17.4. The van der Waals surface area contributed by atoms with E-state index in [4.69, 9.17) is 0 Å². The molecule has 3 aromatic heterocycles. The summed E-state index contributed by atoms with van der Waals surface area (Å²) in [5.41, 5.74) is 1.53. The Bertz CT molecular complexity index is 1670. The standard InChI is InChI=1S/C25H19F2N5O2S2/c1-3-31-18-10-8-14(26)12-20(18)35-24(31)29-22(33)16-6-5-7-17(28-16)23(34)30-25-32(4-2)19-11-9-15(27)13-21(19)36-25/h5-13H,3-4H2,1-2H3. The highest BCUT2D eigenvalue weighted by Gasteiger charge is 2.14. The normalized spacial score (nSPS) is 12.7. The molecule has 0 N–H and O–H groups in total. The third kappa shape index (κ3) is 4.42. The van der Waals surface area contributed by atoms with Crippen molar-refractivity contribution in [2.75, 3.05) is 0 Å². The quantitative estimate of drug-likeness (QED) is 0.336. The molecule has 5 aromatic rings. The van der Waals surface area contributed by atoms with Crippen molar-refractivity contribution in [2.45, 2.75) is 26.9 Å². The Morgan fingerprint density at radius 3 is 1.64 bits per heavy atom. The third-order valence-corrected chi connectivity index (χ3v) is 7.59. The fourth-order valence-electron chi connectivity index (χ4n) is 3.84. The average Bonchev–Trinajstić information content (AvgIpc) is 3.39. The maximum absolute atomic E-state index is 13.6. The molecule has 36 heavy (non-hydrogen) atoms. The predicted octanol–water partition coefficient (Wildman–Crippen LogP) is 4.91. The molecule has 0 aliphatic rings. The van der Waals surface area contributed by atoms with Crippen molar-refractivity contribution in [3.63, 3.8) is 0 Å². The SMILES string of the molecule is CCn1c(=NC(=O)c2cccc(C(=O)N=c3sc4cc(F)ccc4n3CC)n2)sc2cc(F)ccc21. The number of hydrogen-bond donors (Lipinski definition) is 0. The Kier molecular flexibility index (Phi) is 6.42. The zero-order valence-electron chi connectivity index (χ0n) is 19.2. The first-order valence-corrected chi connectivity index (χ1v) is 12.7. The van der Waals surface area contributed by atoms with Crippen molar-refractivity contribution in [2.24, 2.45) is 9.98 Å². The Labute approximate surface area is 211 Å². The zero-order valence-corrected chi connectivity index (χ0v) is 20.9. The van der Waals surface area contributed by atoms with Crippen LogP contribution in [0.2, 0.25) is 0 Å². The van der Waals surface area contributed by atoms with Crippen LogP contribution in [0.5, 0.6) is 0 Å². The van der Waals surface area contributed by atoms with Gasteiger partial charge in [-0.05, 0) is 62.4 Å². The van der Waals surface area contributed by atoms with Gasteiger partial charge in [-0.1, -0.05) is 28.7 Å². The summed E-state index contributed by atoms with van der Waals surface area (Å²) < 4.78 is 32.3. The van der Waals surface area contributed by atoms with Crippen molar-refractivity contribution in [1.82, 2.24) is 14.1 Å². The molecule has 2 aromatic carbocycles. The molecule has 182 valence electrons. The summed E-state index contributed by atoms with van der Waals surface area (Å²) in [7, 11) is 0. The van der Waals surface area contributed by atoms with E-state index in [0.717, 1.165) is 11.0 Å². The van der Waals surface area contributed by atoms with Crippen LogP contribution in [-0.2, 0) is 13.1 Å². The first-order valence-electron chi connectivity index (χ1n) is 11.1. The number of benzene rings is 2. The van der Waals surface area contributed by atoms with E-state index in [1.54, 1.807) is 18.2 Å². The summed E-state index contributed by atoms with van der Waals surface area (Å²) in [5.74, 6) is -1.98. The van der Waals surface area contributed by atoms with Gasteiger partial charge in [-0.3, -0.25) is 9.59 Å². The topological polar surface area (TPSA) is 81.6 Å². The molecule has 0 bridgehead atoms. The van der Waals surface area contributed by atoms with E-state index in [2.05, 4.69) is 15.0 Å². The molecule has 2 amide bonds. The average molecular weight is 524 g/mol. The van der Waals surface area contributed by atoms with Crippen molar-refractivity contribution < 1.29 is 18.4 Å². The Hall–Kier alpha value is -3.83. The lowest BCUT2D eigenvalue weighted by Crippen LogP contribution is -2.18. The number of rotatable bonds is 4. The molecule has 0 aliphatic carbocycles. The lowest BCUT2D eigenvalue weighted by Gasteiger charge is -2.01. The fourth-order valence-corrected chi connectivity index (χ4v) is 6.07. The van der Waals surface area contributed by atoms with E-state index in [9.17, 15) is 18.4 Å². The highest BCUT2D eigenvalue weighted by atomic mass is 32.1. The molecular weight excluding hydrogens is 504 g/mol. The van der Waals surface area contributed by atoms with Crippen LogP contribution in [-0.4, -0.2) is 25.9 Å². The van der Waals surface area contributed by atoms with Gasteiger partial charge < -0.3 is 9.13 Å². The van der Waals surface area contributed by atoms with Crippen molar-refractivity contribution in [3.05, 3.63) is 87.2 Å². The molecule has 11 heteroatoms. The molecule has 0 fully saturated rings. The molecule has 0 saturated heterocycles. The number of fused-ring (bicyclic) bond motifs is 2. The minimum atomic E-state index is -0.625. The minimum absolute atomic E-state index is 0.0101. The van der Waals surface area contributed by atoms with Gasteiger partial charge in [-0.15, -0.1) is 0 Å². The largest absolute Gasteiger partial charge is 0.317 e. The number of pyridine rings is 1. The lowest BCUT2D eigenvalue weighted by atomic mass is 10.3. The first kappa shape index (κ1) is 23.9. The third-order valence-electron chi connectivity index (χ3n) is 5.50. The van der Waals surface area contributed by atoms with Crippen LogP contribution >= 0.6 is 22.7 Å². The van der Waals surface area contributed by atoms with Gasteiger partial charge in [0.1, 0.15) is 23.0 Å². The van der Waals surface area contributed by atoms with Gasteiger partial charge in [0.15, 0.2) is 9.60 Å². The van der Waals surface area contributed by atoms with Gasteiger partial charge in [-0.25, -0.2) is 13.8 Å². The number of carbonyl (C=O) groups excluding carboxylic acids is 2. The summed E-state index contributed by atoms with van der Waals surface area (Å²) in [6.07, 6.45) is 0. The van der Waals surface area contributed by atoms with Crippen molar-refractivity contribution >= 4 is 54.9 Å². The summed E-state index contributed by atoms with van der Waals surface area (Å²) in [4.78, 5) is 39.2. The van der Waals surface area contributed by atoms with Gasteiger partial charge >= 0.3 is 0 Å². The molecule has 3 heterocycles.